The molecular weight excluding hydrogens is 1610 g/mol. The van der Waals surface area contributed by atoms with Gasteiger partial charge in [0.05, 0.1) is 56.8 Å². The molecule has 6 heterocycles. The summed E-state index contributed by atoms with van der Waals surface area (Å²) in [5.41, 5.74) is 57.5. The number of guanidine groups is 4. The lowest BCUT2D eigenvalue weighted by molar-refractivity contribution is -0.137. The van der Waals surface area contributed by atoms with E-state index in [-0.39, 0.29) is 118 Å². The van der Waals surface area contributed by atoms with Crippen LogP contribution in [0.25, 0.3) is 88.6 Å². The van der Waals surface area contributed by atoms with Crippen LogP contribution in [0.1, 0.15) is 52.6 Å². The third-order valence-electron chi connectivity index (χ3n) is 20.6. The number of nitrogens with two attached hydrogens (primary N) is 8. The van der Waals surface area contributed by atoms with Crippen molar-refractivity contribution >= 4 is 161 Å². The van der Waals surface area contributed by atoms with E-state index in [9.17, 15) is 22.8 Å². The average molecular weight is 1700 g/mol. The highest BCUT2D eigenvalue weighted by molar-refractivity contribution is 6.32. The molecular formula is C87H83Cl4F3N24O2. The van der Waals surface area contributed by atoms with Crippen LogP contribution in [0.15, 0.2) is 202 Å². The number of aliphatic imine (C=N–C) groups is 4. The minimum atomic E-state index is -4.79. The Hall–Kier alpha value is -12.8. The number of hydrogen-bond donors (Lipinski definition) is 8. The maximum Gasteiger partial charge on any atom is 0.417 e. The van der Waals surface area contributed by atoms with E-state index < -0.39 is 11.7 Å². The molecule has 0 radical (unpaired) electrons. The summed E-state index contributed by atoms with van der Waals surface area (Å²) in [6.45, 7) is 11.7. The summed E-state index contributed by atoms with van der Waals surface area (Å²) in [6.07, 6.45) is -2.76. The molecule has 26 nitrogen and oxygen atoms in total. The Kier molecular flexibility index (Phi) is 25.8. The topological polar surface area (TPSA) is 408 Å². The minimum absolute atomic E-state index is 0.0143. The third-order valence-corrected chi connectivity index (χ3v) is 21.6. The highest BCUT2D eigenvalue weighted by Crippen LogP contribution is 2.42. The molecule has 0 atom stereocenters. The van der Waals surface area contributed by atoms with Gasteiger partial charge >= 0.3 is 6.18 Å². The zero-order valence-electron chi connectivity index (χ0n) is 65.1. The van der Waals surface area contributed by atoms with E-state index in [1.54, 1.807) is 30.3 Å². The van der Waals surface area contributed by atoms with E-state index in [2.05, 4.69) is 130 Å². The lowest BCUT2D eigenvalue weighted by Crippen LogP contribution is -2.47. The lowest BCUT2D eigenvalue weighted by atomic mass is 9.95. The van der Waals surface area contributed by atoms with E-state index in [0.717, 1.165) is 157 Å². The number of piperazine rings is 2. The molecule has 2 saturated heterocycles. The van der Waals surface area contributed by atoms with E-state index >= 15 is 0 Å². The van der Waals surface area contributed by atoms with Gasteiger partial charge in [-0.2, -0.15) is 33.1 Å². The number of aryl methyl sites for hydroxylation is 3. The van der Waals surface area contributed by atoms with Crippen molar-refractivity contribution in [2.75, 3.05) is 75.2 Å². The Morgan fingerprint density at radius 1 is 0.375 bits per heavy atom. The Bertz CT molecular complexity index is 5990. The summed E-state index contributed by atoms with van der Waals surface area (Å²) in [5.74, 6) is -1.12. The summed E-state index contributed by atoms with van der Waals surface area (Å²) in [4.78, 5) is 87.6. The zero-order valence-corrected chi connectivity index (χ0v) is 68.1. The second-order valence-corrected chi connectivity index (χ2v) is 30.9. The molecule has 2 fully saturated rings. The number of rotatable bonds is 24. The molecule has 2 aliphatic heterocycles. The molecule has 33 heteroatoms. The monoisotopic (exact) mass is 1690 g/mol. The van der Waals surface area contributed by atoms with Crippen LogP contribution in [0.5, 0.6) is 0 Å². The number of aromatic nitrogens is 8. The number of Topliss-reactive ketones (excluding diaryl/α,β-unsaturated/α-hetero) is 2. The number of halogens is 7. The summed E-state index contributed by atoms with van der Waals surface area (Å²) in [5, 5.41) is 4.63. The summed E-state index contributed by atoms with van der Waals surface area (Å²) < 4.78 is 43.5. The molecule has 0 unspecified atom stereocenters. The fourth-order valence-corrected chi connectivity index (χ4v) is 15.5. The molecule has 13 aromatic rings. The van der Waals surface area contributed by atoms with Gasteiger partial charge in [0.25, 0.3) is 23.8 Å². The van der Waals surface area contributed by atoms with Crippen molar-refractivity contribution in [3.63, 3.8) is 0 Å². The summed E-state index contributed by atoms with van der Waals surface area (Å²) >= 11 is 25.2. The maximum absolute atomic E-state index is 14.5. The molecule has 9 aromatic carbocycles. The predicted molar refractivity (Wildman–Crippen MR) is 474 cm³/mol. The number of benzene rings is 9. The van der Waals surface area contributed by atoms with E-state index in [4.69, 9.17) is 102 Å². The number of nitrogens with zero attached hydrogens (tertiary/aromatic N) is 16. The quantitative estimate of drug-likeness (QED) is 0.0158. The van der Waals surface area contributed by atoms with Gasteiger partial charge in [-0.25, -0.2) is 39.9 Å². The zero-order chi connectivity index (χ0) is 84.5. The fourth-order valence-electron chi connectivity index (χ4n) is 14.8. The largest absolute Gasteiger partial charge is 0.417 e. The van der Waals surface area contributed by atoms with Crippen LogP contribution in [-0.4, -0.2) is 151 Å². The number of ketones is 2. The summed E-state index contributed by atoms with van der Waals surface area (Å²) in [6, 6.07) is 56.3. The van der Waals surface area contributed by atoms with Gasteiger partial charge in [0.1, 0.15) is 11.6 Å². The average Bonchev–Trinajstić information content (AvgIpc) is 0.743. The number of carbonyl (C=O) groups is 2. The molecule has 0 bridgehead atoms. The Morgan fingerprint density at radius 2 is 0.708 bits per heavy atom. The first kappa shape index (κ1) is 83.7. The maximum atomic E-state index is 14.5. The van der Waals surface area contributed by atoms with E-state index in [1.165, 1.54) is 41.5 Å². The molecule has 15 rings (SSSR count). The second-order valence-electron chi connectivity index (χ2n) is 29.1. The molecule has 0 amide bonds. The number of alkyl halides is 3. The third kappa shape index (κ3) is 21.0. The molecule has 4 aromatic heterocycles. The molecule has 2 aliphatic rings. The first-order chi connectivity index (χ1) is 57.6. The van der Waals surface area contributed by atoms with Gasteiger partial charge in [0.15, 0.2) is 23.8 Å². The van der Waals surface area contributed by atoms with Crippen LogP contribution in [0.3, 0.4) is 0 Å². The van der Waals surface area contributed by atoms with Crippen molar-refractivity contribution in [2.45, 2.75) is 58.0 Å². The molecule has 120 heavy (non-hydrogen) atoms. The van der Waals surface area contributed by atoms with Gasteiger partial charge < -0.3 is 55.7 Å². The first-order valence-electron chi connectivity index (χ1n) is 38.5. The fraction of sp³-hybridized carbons (Fsp3) is 0.218. The molecule has 0 aliphatic carbocycles. The van der Waals surface area contributed by atoms with Gasteiger partial charge in [0, 0.05) is 154 Å². The van der Waals surface area contributed by atoms with Crippen LogP contribution in [0.2, 0.25) is 20.1 Å². The minimum Gasteiger partial charge on any atom is -0.370 e. The van der Waals surface area contributed by atoms with Crippen LogP contribution >= 0.6 is 46.4 Å². The highest BCUT2D eigenvalue weighted by Gasteiger charge is 2.35. The van der Waals surface area contributed by atoms with Gasteiger partial charge in [-0.1, -0.05) is 125 Å². The van der Waals surface area contributed by atoms with Crippen LogP contribution < -0.4 is 55.7 Å². The SMILES string of the molecule is Cc1cc(CCC(=O)CC(=O)CCc2ccc(-c3nc(N=C(N)N)nc4ccc(Cl)cc34)c(C(F)(F)F)c2)ccc1-c1nc(N=C(N)N)nc2ccc(Cl)cc12.NC(N)=Nc1nc(-c2cccc(N3CCN(CCc4ccc(CCN5CCN(c6cccc(-c7nc(N=C(N)N)nc8ccc(Cl)cc78)c6)CC5)cc4)CC3)c2)c2cc(Cl)ccc2n1. The van der Waals surface area contributed by atoms with Crippen molar-refractivity contribution in [1.82, 2.24) is 49.7 Å². The normalized spacial score (nSPS) is 13.3. The molecule has 612 valence electrons. The standard InChI is InChI=1S/C48H50Cl2N14.C39H33Cl2F3N10O2/c49-35-11-13-41-39(29-35)43(57-47(55-41)59-45(51)52)33-3-1-5-37(27-33)63-23-19-61(20-24-63)17-15-31-7-9-32(10-8-31)16-18-62-21-25-64(26-22-62)38-6-2-4-34(28-38)44-40-30-36(50)12-14-42(40)56-48(58-44)60-46(53)54;1-19-14-20(4-10-26(19)33-28-16-22(40)6-12-31(28)49-37(51-33)53-35(45)46)2-8-24(55)18-25(56)9-3-21-5-11-27(30(15-21)39(42,43)44)34-29-17-23(41)7-13-32(29)50-38(52-34)54-36(47)48/h1-14,27-30H,15-26H2,(H4,51,52,55,57,59)(H4,53,54,56,58,60);4-7,10-17H,2-3,8-9,18H2,1H3,(H4,45,46,49,51,53)(H4,47,48,50,52,54). The number of carbonyl (C=O) groups excluding carboxylic acids is 2. The van der Waals surface area contributed by atoms with Gasteiger partial charge in [-0.3, -0.25) is 19.4 Å². The van der Waals surface area contributed by atoms with Crippen molar-refractivity contribution in [3.05, 3.63) is 235 Å². The molecule has 0 spiro atoms. The Labute approximate surface area is 708 Å². The van der Waals surface area contributed by atoms with Crippen LogP contribution in [-0.2, 0) is 41.4 Å². The van der Waals surface area contributed by atoms with Crippen LogP contribution in [0.4, 0.5) is 48.3 Å². The Balaban J connectivity index is 0.000000199. The lowest BCUT2D eigenvalue weighted by Gasteiger charge is -2.36. The van der Waals surface area contributed by atoms with E-state index in [0.29, 0.717) is 38.1 Å². The summed E-state index contributed by atoms with van der Waals surface area (Å²) in [7, 11) is 0. The number of fused-ring (bicyclic) bond motifs is 4. The number of hydrogen-bond acceptors (Lipinski definition) is 18. The Morgan fingerprint density at radius 3 is 1.07 bits per heavy atom. The predicted octanol–water partition coefficient (Wildman–Crippen LogP) is 14.2. The smallest absolute Gasteiger partial charge is 0.370 e. The highest BCUT2D eigenvalue weighted by atomic mass is 35.5. The second kappa shape index (κ2) is 37.0. The van der Waals surface area contributed by atoms with Crippen LogP contribution in [0, 0.1) is 6.92 Å². The molecule has 0 saturated carbocycles. The van der Waals surface area contributed by atoms with Crippen molar-refractivity contribution < 1.29 is 22.8 Å². The van der Waals surface area contributed by atoms with Crippen molar-refractivity contribution in [1.29, 1.82) is 0 Å². The molecule has 16 N–H and O–H groups in total. The van der Waals surface area contributed by atoms with E-state index in [1.807, 2.05) is 61.5 Å². The van der Waals surface area contributed by atoms with Gasteiger partial charge in [-0.05, 0) is 164 Å². The van der Waals surface area contributed by atoms with Gasteiger partial charge in [0.2, 0.25) is 0 Å². The first-order valence-corrected chi connectivity index (χ1v) is 40.0. The van der Waals surface area contributed by atoms with Gasteiger partial charge in [-0.15, -0.1) is 0 Å². The van der Waals surface area contributed by atoms with Crippen molar-refractivity contribution in [2.24, 2.45) is 65.8 Å². The number of anilines is 2. The van der Waals surface area contributed by atoms with Crippen molar-refractivity contribution in [3.8, 4) is 45.0 Å².